The van der Waals surface area contributed by atoms with Gasteiger partial charge in [-0.15, -0.1) is 0 Å². The number of aliphatic hydroxyl groups excluding tert-OH is 1. The van der Waals surface area contributed by atoms with Gasteiger partial charge in [0, 0.05) is 6.20 Å². The number of aryl methyl sites for hydroxylation is 1. The van der Waals surface area contributed by atoms with Crippen molar-refractivity contribution in [1.29, 1.82) is 0 Å². The lowest BCUT2D eigenvalue weighted by molar-refractivity contribution is -0.0887. The summed E-state index contributed by atoms with van der Waals surface area (Å²) in [5, 5.41) is 14.7. The fourth-order valence-electron chi connectivity index (χ4n) is 4.47. The number of morpholine rings is 1. The molecule has 2 aliphatic heterocycles. The molecule has 3 atom stereocenters. The molecule has 0 saturated carbocycles. The first-order valence-corrected chi connectivity index (χ1v) is 11.4. The van der Waals surface area contributed by atoms with E-state index in [1.54, 1.807) is 32.5 Å². The number of oxime groups is 1. The standard InChI is InChI=1S/C26H27FN4O4/c1-16-14-30(15-28-16)21-9-4-18(12-22(21)33-3)13-23-26-29-35-25(17(2)32)24(31(26)10-11-34-23)19-5-7-20(27)8-6-19/h4-9,12-15,17,24-25,32H,10-11H2,1-3H3/b23-13-. The van der Waals surface area contributed by atoms with E-state index in [9.17, 15) is 9.50 Å². The molecular weight excluding hydrogens is 451 g/mol. The highest BCUT2D eigenvalue weighted by atomic mass is 19.1. The second kappa shape index (κ2) is 9.42. The van der Waals surface area contributed by atoms with Gasteiger partial charge in [0.05, 0.1) is 43.5 Å². The summed E-state index contributed by atoms with van der Waals surface area (Å²) in [6.45, 7) is 4.57. The maximum Gasteiger partial charge on any atom is 0.211 e. The predicted octanol–water partition coefficient (Wildman–Crippen LogP) is 3.84. The Kier molecular flexibility index (Phi) is 6.17. The van der Waals surface area contributed by atoms with Crippen LogP contribution in [0, 0.1) is 12.7 Å². The number of imidazole rings is 1. The Labute approximate surface area is 202 Å². The van der Waals surface area contributed by atoms with E-state index in [-0.39, 0.29) is 11.9 Å². The highest BCUT2D eigenvalue weighted by Crippen LogP contribution is 2.36. The first-order valence-electron chi connectivity index (χ1n) is 11.4. The Bertz CT molecular complexity index is 1270. The van der Waals surface area contributed by atoms with Crippen molar-refractivity contribution in [3.63, 3.8) is 0 Å². The van der Waals surface area contributed by atoms with Gasteiger partial charge in [-0.1, -0.05) is 23.4 Å². The van der Waals surface area contributed by atoms with Crippen LogP contribution in [0.2, 0.25) is 0 Å². The van der Waals surface area contributed by atoms with Crippen LogP contribution >= 0.6 is 0 Å². The van der Waals surface area contributed by atoms with E-state index in [0.717, 1.165) is 22.5 Å². The van der Waals surface area contributed by atoms with Crippen LogP contribution in [0.25, 0.3) is 11.8 Å². The second-order valence-electron chi connectivity index (χ2n) is 8.63. The number of rotatable bonds is 5. The number of methoxy groups -OCH3 is 1. The van der Waals surface area contributed by atoms with Crippen molar-refractivity contribution in [2.75, 3.05) is 20.3 Å². The van der Waals surface area contributed by atoms with Crippen molar-refractivity contribution in [3.8, 4) is 11.4 Å². The molecule has 35 heavy (non-hydrogen) atoms. The molecule has 1 fully saturated rings. The van der Waals surface area contributed by atoms with E-state index in [0.29, 0.717) is 30.5 Å². The third-order valence-electron chi connectivity index (χ3n) is 6.17. The summed E-state index contributed by atoms with van der Waals surface area (Å²) in [6, 6.07) is 11.7. The smallest absolute Gasteiger partial charge is 0.211 e. The molecule has 0 bridgehead atoms. The van der Waals surface area contributed by atoms with Gasteiger partial charge in [0.2, 0.25) is 5.84 Å². The highest BCUT2D eigenvalue weighted by molar-refractivity contribution is 6.01. The maximum atomic E-state index is 13.6. The van der Waals surface area contributed by atoms with Gasteiger partial charge in [0.15, 0.2) is 11.9 Å². The number of nitrogens with zero attached hydrogens (tertiary/aromatic N) is 4. The lowest BCUT2D eigenvalue weighted by Gasteiger charge is -2.44. The first kappa shape index (κ1) is 22.9. The number of hydrogen-bond donors (Lipinski definition) is 1. The quantitative estimate of drug-likeness (QED) is 0.600. The molecule has 3 heterocycles. The van der Waals surface area contributed by atoms with Gasteiger partial charge in [-0.3, -0.25) is 0 Å². The topological polar surface area (TPSA) is 81.3 Å². The molecule has 5 rings (SSSR count). The zero-order valence-corrected chi connectivity index (χ0v) is 19.8. The molecule has 2 aliphatic rings. The monoisotopic (exact) mass is 478 g/mol. The van der Waals surface area contributed by atoms with Crippen LogP contribution in [0.4, 0.5) is 4.39 Å². The molecule has 0 radical (unpaired) electrons. The Hall–Kier alpha value is -3.85. The van der Waals surface area contributed by atoms with Crippen molar-refractivity contribution in [1.82, 2.24) is 14.5 Å². The van der Waals surface area contributed by atoms with E-state index in [1.807, 2.05) is 46.9 Å². The highest BCUT2D eigenvalue weighted by Gasteiger charge is 2.42. The minimum Gasteiger partial charge on any atom is -0.495 e. The van der Waals surface area contributed by atoms with Crippen molar-refractivity contribution < 1.29 is 23.8 Å². The van der Waals surface area contributed by atoms with E-state index in [4.69, 9.17) is 14.3 Å². The number of halogens is 1. The number of hydrogen-bond acceptors (Lipinski definition) is 7. The predicted molar refractivity (Wildman–Crippen MR) is 129 cm³/mol. The average molecular weight is 479 g/mol. The summed E-state index contributed by atoms with van der Waals surface area (Å²) in [4.78, 5) is 12.1. The van der Waals surface area contributed by atoms with Gasteiger partial charge in [0.1, 0.15) is 18.2 Å². The van der Waals surface area contributed by atoms with Crippen LogP contribution in [0.5, 0.6) is 5.75 Å². The number of aromatic nitrogens is 2. The van der Waals surface area contributed by atoms with Crippen molar-refractivity contribution in [2.24, 2.45) is 5.16 Å². The summed E-state index contributed by atoms with van der Waals surface area (Å²) in [5.74, 6) is 1.43. The van der Waals surface area contributed by atoms with E-state index in [1.165, 1.54) is 12.1 Å². The van der Waals surface area contributed by atoms with Crippen LogP contribution in [0.1, 0.15) is 29.8 Å². The van der Waals surface area contributed by atoms with Gasteiger partial charge in [-0.2, -0.15) is 0 Å². The molecule has 182 valence electrons. The Morgan fingerprint density at radius 3 is 2.71 bits per heavy atom. The van der Waals surface area contributed by atoms with Crippen LogP contribution in [-0.4, -0.2) is 57.9 Å². The molecule has 3 aromatic rings. The second-order valence-corrected chi connectivity index (χ2v) is 8.63. The van der Waals surface area contributed by atoms with Crippen molar-refractivity contribution >= 4 is 11.9 Å². The van der Waals surface area contributed by atoms with Crippen LogP contribution in [-0.2, 0) is 9.57 Å². The number of amidine groups is 1. The van der Waals surface area contributed by atoms with E-state index >= 15 is 0 Å². The Balaban J connectivity index is 1.50. The maximum absolute atomic E-state index is 13.6. The molecule has 0 amide bonds. The zero-order chi connectivity index (χ0) is 24.5. The summed E-state index contributed by atoms with van der Waals surface area (Å²) in [7, 11) is 1.63. The molecular formula is C26H27FN4O4. The molecule has 9 heteroatoms. The van der Waals surface area contributed by atoms with Crippen molar-refractivity contribution in [2.45, 2.75) is 32.1 Å². The number of aliphatic hydroxyl groups is 1. The largest absolute Gasteiger partial charge is 0.495 e. The van der Waals surface area contributed by atoms with Gasteiger partial charge in [-0.25, -0.2) is 9.37 Å². The molecule has 1 N–H and O–H groups in total. The minimum absolute atomic E-state index is 0.321. The fraction of sp³-hybridized carbons (Fsp3) is 0.308. The zero-order valence-electron chi connectivity index (χ0n) is 19.8. The van der Waals surface area contributed by atoms with Gasteiger partial charge < -0.3 is 28.9 Å². The first-order chi connectivity index (χ1) is 16.9. The molecule has 3 unspecified atom stereocenters. The fourth-order valence-corrected chi connectivity index (χ4v) is 4.47. The third-order valence-corrected chi connectivity index (χ3v) is 6.17. The number of ether oxygens (including phenoxy) is 2. The van der Waals surface area contributed by atoms with Crippen LogP contribution < -0.4 is 4.74 Å². The lowest BCUT2D eigenvalue weighted by Crippen LogP contribution is -2.52. The molecule has 8 nitrogen and oxygen atoms in total. The van der Waals surface area contributed by atoms with E-state index in [2.05, 4.69) is 10.1 Å². The molecule has 1 saturated heterocycles. The van der Waals surface area contributed by atoms with Gasteiger partial charge in [-0.05, 0) is 55.3 Å². The van der Waals surface area contributed by atoms with Crippen molar-refractivity contribution in [3.05, 3.63) is 83.4 Å². The van der Waals surface area contributed by atoms with Crippen LogP contribution in [0.3, 0.4) is 0 Å². The lowest BCUT2D eigenvalue weighted by atomic mass is 9.95. The summed E-state index contributed by atoms with van der Waals surface area (Å²) in [6.07, 6.45) is 4.16. The molecule has 2 aromatic carbocycles. The summed E-state index contributed by atoms with van der Waals surface area (Å²) >= 11 is 0. The SMILES string of the molecule is COc1cc(/C=C2\OCCN3C2=NOC(C(C)O)C3c2ccc(F)cc2)ccc1-n1cnc(C)c1. The van der Waals surface area contributed by atoms with Gasteiger partial charge >= 0.3 is 0 Å². The number of fused-ring (bicyclic) bond motifs is 1. The molecule has 0 spiro atoms. The van der Waals surface area contributed by atoms with E-state index < -0.39 is 12.2 Å². The Morgan fingerprint density at radius 1 is 1.23 bits per heavy atom. The number of benzene rings is 2. The normalized spacial score (nSPS) is 21.6. The minimum atomic E-state index is -0.783. The van der Waals surface area contributed by atoms with Gasteiger partial charge in [0.25, 0.3) is 0 Å². The van der Waals surface area contributed by atoms with Crippen LogP contribution in [0.15, 0.2) is 65.9 Å². The molecule has 1 aromatic heterocycles. The third kappa shape index (κ3) is 4.46. The average Bonchev–Trinajstić information content (AvgIpc) is 3.30. The molecule has 0 aliphatic carbocycles. The summed E-state index contributed by atoms with van der Waals surface area (Å²) in [5.41, 5.74) is 3.47. The summed E-state index contributed by atoms with van der Waals surface area (Å²) < 4.78 is 27.1. The Morgan fingerprint density at radius 2 is 2.03 bits per heavy atom.